The van der Waals surface area contributed by atoms with Gasteiger partial charge in [-0.3, -0.25) is 4.90 Å². The summed E-state index contributed by atoms with van der Waals surface area (Å²) in [5.41, 5.74) is 0. The van der Waals surface area contributed by atoms with Crippen LogP contribution >= 0.6 is 0 Å². The van der Waals surface area contributed by atoms with Gasteiger partial charge in [0.1, 0.15) is 10.7 Å². The van der Waals surface area contributed by atoms with E-state index in [4.69, 9.17) is 15.9 Å². The van der Waals surface area contributed by atoms with E-state index in [0.717, 1.165) is 6.07 Å². The predicted molar refractivity (Wildman–Crippen MR) is 74.4 cm³/mol. The zero-order valence-electron chi connectivity index (χ0n) is 11.6. The molecule has 2 heterocycles. The quantitative estimate of drug-likeness (QED) is 0.800. The Hall–Kier alpha value is -1.82. The van der Waals surface area contributed by atoms with Gasteiger partial charge in [-0.15, -0.1) is 6.42 Å². The number of rotatable bonds is 4. The fourth-order valence-corrected chi connectivity index (χ4v) is 3.81. The molecule has 0 radical (unpaired) electrons. The van der Waals surface area contributed by atoms with Gasteiger partial charge >= 0.3 is 5.97 Å². The summed E-state index contributed by atoms with van der Waals surface area (Å²) in [5, 5.41) is 8.86. The van der Waals surface area contributed by atoms with Gasteiger partial charge in [0.2, 0.25) is 15.8 Å². The number of carbonyl (C=O) groups is 1. The molecule has 1 aliphatic rings. The Balaban J connectivity index is 2.20. The van der Waals surface area contributed by atoms with Crippen LogP contribution in [0.1, 0.15) is 16.3 Å². The van der Waals surface area contributed by atoms with Crippen LogP contribution in [0, 0.1) is 19.3 Å². The van der Waals surface area contributed by atoms with Gasteiger partial charge in [-0.1, -0.05) is 5.92 Å². The Bertz CT molecular complexity index is 678. The van der Waals surface area contributed by atoms with Gasteiger partial charge in [-0.2, -0.15) is 4.31 Å². The van der Waals surface area contributed by atoms with Crippen LogP contribution in [0.5, 0.6) is 0 Å². The topological polar surface area (TPSA) is 91.1 Å². The van der Waals surface area contributed by atoms with Crippen LogP contribution in [0.15, 0.2) is 15.4 Å². The largest absolute Gasteiger partial charge is 0.475 e. The Morgan fingerprint density at radius 2 is 2.05 bits per heavy atom. The molecule has 1 aliphatic heterocycles. The SMILES string of the molecule is C#CCN1CCN(S(=O)(=O)c2cc(C(=O)O)oc2C)CC1. The summed E-state index contributed by atoms with van der Waals surface area (Å²) in [7, 11) is -3.75. The second kappa shape index (κ2) is 5.89. The lowest BCUT2D eigenvalue weighted by Gasteiger charge is -2.32. The van der Waals surface area contributed by atoms with Gasteiger partial charge < -0.3 is 9.52 Å². The minimum Gasteiger partial charge on any atom is -0.475 e. The van der Waals surface area contributed by atoms with Crippen LogP contribution < -0.4 is 0 Å². The molecule has 0 unspecified atom stereocenters. The molecule has 0 atom stereocenters. The maximum atomic E-state index is 12.5. The van der Waals surface area contributed by atoms with Crippen molar-refractivity contribution in [2.45, 2.75) is 11.8 Å². The number of carboxylic acid groups (broad SMARTS) is 1. The first kappa shape index (κ1) is 15.6. The molecule has 1 N–H and O–H groups in total. The standard InChI is InChI=1S/C13H16N2O5S/c1-3-4-14-5-7-15(8-6-14)21(18,19)12-9-11(13(16)17)20-10(12)2/h1,9H,4-8H2,2H3,(H,16,17). The molecule has 1 fully saturated rings. The number of hydrogen-bond donors (Lipinski definition) is 1. The Labute approximate surface area is 123 Å². The fraction of sp³-hybridized carbons (Fsp3) is 0.462. The maximum absolute atomic E-state index is 12.5. The number of sulfonamides is 1. The van der Waals surface area contributed by atoms with Gasteiger partial charge in [-0.25, -0.2) is 13.2 Å². The molecule has 0 saturated carbocycles. The van der Waals surface area contributed by atoms with E-state index in [9.17, 15) is 13.2 Å². The van der Waals surface area contributed by atoms with Crippen molar-refractivity contribution in [2.24, 2.45) is 0 Å². The number of hydrogen-bond acceptors (Lipinski definition) is 5. The van der Waals surface area contributed by atoms with Crippen LogP contribution in [0.25, 0.3) is 0 Å². The normalized spacial score (nSPS) is 17.5. The van der Waals surface area contributed by atoms with Crippen LogP contribution in [-0.2, 0) is 10.0 Å². The first-order valence-electron chi connectivity index (χ1n) is 6.36. The lowest BCUT2D eigenvalue weighted by molar-refractivity contribution is 0.0661. The first-order chi connectivity index (χ1) is 9.86. The molecule has 0 aromatic carbocycles. The van der Waals surface area contributed by atoms with E-state index in [0.29, 0.717) is 32.7 Å². The highest BCUT2D eigenvalue weighted by Crippen LogP contribution is 2.24. The van der Waals surface area contributed by atoms with E-state index in [1.165, 1.54) is 11.2 Å². The average molecular weight is 312 g/mol. The molecule has 0 spiro atoms. The minimum atomic E-state index is -3.75. The lowest BCUT2D eigenvalue weighted by Crippen LogP contribution is -2.48. The van der Waals surface area contributed by atoms with Crippen molar-refractivity contribution >= 4 is 16.0 Å². The van der Waals surface area contributed by atoms with Crippen molar-refractivity contribution in [1.29, 1.82) is 0 Å². The molecule has 7 nitrogen and oxygen atoms in total. The van der Waals surface area contributed by atoms with Crippen molar-refractivity contribution in [3.8, 4) is 12.3 Å². The predicted octanol–water partition coefficient (Wildman–Crippen LogP) is 0.226. The number of nitrogens with zero attached hydrogens (tertiary/aromatic N) is 2. The van der Waals surface area contributed by atoms with Crippen molar-refractivity contribution in [3.63, 3.8) is 0 Å². The van der Waals surface area contributed by atoms with Crippen LogP contribution in [-0.4, -0.2) is 61.4 Å². The second-order valence-corrected chi connectivity index (χ2v) is 6.63. The lowest BCUT2D eigenvalue weighted by atomic mass is 10.3. The summed E-state index contributed by atoms with van der Waals surface area (Å²) in [6, 6.07) is 1.06. The third kappa shape index (κ3) is 3.10. The highest BCUT2D eigenvalue weighted by molar-refractivity contribution is 7.89. The number of furan rings is 1. The molecule has 21 heavy (non-hydrogen) atoms. The van der Waals surface area contributed by atoms with Crippen molar-refractivity contribution in [3.05, 3.63) is 17.6 Å². The Morgan fingerprint density at radius 3 is 2.52 bits per heavy atom. The summed E-state index contributed by atoms with van der Waals surface area (Å²) >= 11 is 0. The smallest absolute Gasteiger partial charge is 0.371 e. The van der Waals surface area contributed by atoms with E-state index in [2.05, 4.69) is 5.92 Å². The average Bonchev–Trinajstić information content (AvgIpc) is 2.83. The molecular formula is C13H16N2O5S. The zero-order valence-corrected chi connectivity index (χ0v) is 12.4. The zero-order chi connectivity index (χ0) is 15.6. The maximum Gasteiger partial charge on any atom is 0.371 e. The van der Waals surface area contributed by atoms with Gasteiger partial charge in [0.05, 0.1) is 6.54 Å². The number of terminal acetylenes is 1. The van der Waals surface area contributed by atoms with E-state index < -0.39 is 16.0 Å². The third-order valence-electron chi connectivity index (χ3n) is 3.35. The highest BCUT2D eigenvalue weighted by atomic mass is 32.2. The van der Waals surface area contributed by atoms with Crippen molar-refractivity contribution in [1.82, 2.24) is 9.21 Å². The molecule has 2 rings (SSSR count). The van der Waals surface area contributed by atoms with Crippen molar-refractivity contribution < 1.29 is 22.7 Å². The van der Waals surface area contributed by atoms with Gasteiger partial charge in [0.15, 0.2) is 0 Å². The molecule has 1 saturated heterocycles. The Morgan fingerprint density at radius 1 is 1.43 bits per heavy atom. The molecule has 0 aliphatic carbocycles. The van der Waals surface area contributed by atoms with Gasteiger partial charge in [-0.05, 0) is 6.92 Å². The first-order valence-corrected chi connectivity index (χ1v) is 7.80. The molecule has 8 heteroatoms. The molecule has 114 valence electrons. The van der Waals surface area contributed by atoms with Crippen LogP contribution in [0.2, 0.25) is 0 Å². The van der Waals surface area contributed by atoms with Crippen LogP contribution in [0.3, 0.4) is 0 Å². The summed E-state index contributed by atoms with van der Waals surface area (Å²) in [5.74, 6) is 0.936. The molecule has 1 aromatic heterocycles. The molecule has 0 bridgehead atoms. The molecular weight excluding hydrogens is 296 g/mol. The van der Waals surface area contributed by atoms with Gasteiger partial charge in [0.25, 0.3) is 0 Å². The summed E-state index contributed by atoms with van der Waals surface area (Å²) < 4.78 is 31.3. The highest BCUT2D eigenvalue weighted by Gasteiger charge is 2.32. The van der Waals surface area contributed by atoms with E-state index >= 15 is 0 Å². The third-order valence-corrected chi connectivity index (χ3v) is 5.35. The summed E-state index contributed by atoms with van der Waals surface area (Å²) in [6.45, 7) is 3.65. The molecule has 1 aromatic rings. The summed E-state index contributed by atoms with van der Waals surface area (Å²) in [4.78, 5) is 12.7. The van der Waals surface area contributed by atoms with E-state index in [1.54, 1.807) is 0 Å². The number of aromatic carboxylic acids is 1. The monoisotopic (exact) mass is 312 g/mol. The van der Waals surface area contributed by atoms with E-state index in [-0.39, 0.29) is 16.4 Å². The van der Waals surface area contributed by atoms with Crippen molar-refractivity contribution in [2.75, 3.05) is 32.7 Å². The van der Waals surface area contributed by atoms with E-state index in [1.807, 2.05) is 4.90 Å². The molecule has 0 amide bonds. The fourth-order valence-electron chi connectivity index (χ4n) is 2.22. The number of piperazine rings is 1. The Kier molecular flexibility index (Phi) is 4.37. The van der Waals surface area contributed by atoms with Gasteiger partial charge in [0, 0.05) is 32.2 Å². The number of carboxylic acids is 1. The number of aryl methyl sites for hydroxylation is 1. The summed E-state index contributed by atoms with van der Waals surface area (Å²) in [6.07, 6.45) is 5.23. The van der Waals surface area contributed by atoms with Crippen LogP contribution in [0.4, 0.5) is 0 Å². The minimum absolute atomic E-state index is 0.0819. The second-order valence-electron chi connectivity index (χ2n) is 4.72.